The van der Waals surface area contributed by atoms with Crippen molar-refractivity contribution in [2.75, 3.05) is 20.2 Å². The molecule has 0 saturated carbocycles. The van der Waals surface area contributed by atoms with Crippen LogP contribution in [0.25, 0.3) is 0 Å². The molecule has 102 valence electrons. The van der Waals surface area contributed by atoms with E-state index in [4.69, 9.17) is 4.74 Å². The number of rotatable bonds is 5. The van der Waals surface area contributed by atoms with Gasteiger partial charge in [0.1, 0.15) is 6.04 Å². The summed E-state index contributed by atoms with van der Waals surface area (Å²) < 4.78 is 4.76. The number of esters is 1. The molecule has 1 saturated heterocycles. The fraction of sp³-hybridized carbons (Fsp3) is 0.750. The van der Waals surface area contributed by atoms with E-state index in [0.717, 1.165) is 6.42 Å². The summed E-state index contributed by atoms with van der Waals surface area (Å²) in [5.41, 5.74) is 0. The number of hydrogen-bond acceptors (Lipinski definition) is 4. The topological polar surface area (TPSA) is 75.7 Å². The average molecular weight is 256 g/mol. The first-order valence-corrected chi connectivity index (χ1v) is 6.26. The van der Waals surface area contributed by atoms with Gasteiger partial charge in [0, 0.05) is 20.0 Å². The van der Waals surface area contributed by atoms with E-state index in [1.165, 1.54) is 0 Å². The minimum Gasteiger partial charge on any atom is -0.466 e. The molecule has 1 rings (SSSR count). The number of nitrogens with zero attached hydrogens (tertiary/aromatic N) is 1. The van der Waals surface area contributed by atoms with Crippen LogP contribution >= 0.6 is 0 Å². The first kappa shape index (κ1) is 14.5. The molecule has 6 heteroatoms. The summed E-state index contributed by atoms with van der Waals surface area (Å²) in [4.78, 5) is 36.2. The van der Waals surface area contributed by atoms with E-state index in [-0.39, 0.29) is 36.7 Å². The van der Waals surface area contributed by atoms with Gasteiger partial charge in [-0.05, 0) is 19.8 Å². The predicted molar refractivity (Wildman–Crippen MR) is 64.7 cm³/mol. The minimum atomic E-state index is -0.385. The van der Waals surface area contributed by atoms with Crippen LogP contribution in [-0.4, -0.2) is 48.9 Å². The molecule has 0 aromatic heterocycles. The van der Waals surface area contributed by atoms with Gasteiger partial charge in [0.25, 0.3) is 0 Å². The maximum Gasteiger partial charge on any atom is 0.306 e. The van der Waals surface area contributed by atoms with Crippen LogP contribution in [-0.2, 0) is 19.1 Å². The predicted octanol–water partition coefficient (Wildman–Crippen LogP) is 0.0667. The fourth-order valence-corrected chi connectivity index (χ4v) is 2.09. The van der Waals surface area contributed by atoms with E-state index >= 15 is 0 Å². The Labute approximate surface area is 107 Å². The molecular weight excluding hydrogens is 236 g/mol. The molecule has 0 bridgehead atoms. The lowest BCUT2D eigenvalue weighted by molar-refractivity contribution is -0.146. The Morgan fingerprint density at radius 3 is 2.67 bits per heavy atom. The Bertz CT molecular complexity index is 330. The molecule has 1 aliphatic heterocycles. The van der Waals surface area contributed by atoms with E-state index in [1.54, 1.807) is 18.9 Å². The number of carbonyl (C=O) groups is 3. The second-order valence-electron chi connectivity index (χ2n) is 4.16. The van der Waals surface area contributed by atoms with Crippen molar-refractivity contribution in [3.05, 3.63) is 0 Å². The number of likely N-dealkylation sites (tertiary alicyclic amines) is 1. The molecule has 18 heavy (non-hydrogen) atoms. The molecule has 1 atom stereocenters. The van der Waals surface area contributed by atoms with Crippen LogP contribution in [0.15, 0.2) is 0 Å². The van der Waals surface area contributed by atoms with Crippen LogP contribution in [0.4, 0.5) is 0 Å². The number of carbonyl (C=O) groups excluding carboxylic acids is 3. The van der Waals surface area contributed by atoms with Gasteiger partial charge in [0.05, 0.1) is 13.0 Å². The maximum atomic E-state index is 11.9. The molecule has 0 aliphatic carbocycles. The molecule has 1 aliphatic rings. The van der Waals surface area contributed by atoms with Gasteiger partial charge in [0.2, 0.25) is 11.8 Å². The molecule has 1 heterocycles. The second-order valence-corrected chi connectivity index (χ2v) is 4.16. The monoisotopic (exact) mass is 256 g/mol. The van der Waals surface area contributed by atoms with Crippen LogP contribution in [0.5, 0.6) is 0 Å². The van der Waals surface area contributed by atoms with Gasteiger partial charge >= 0.3 is 5.97 Å². The average Bonchev–Trinajstić information content (AvgIpc) is 2.84. The van der Waals surface area contributed by atoms with Crippen molar-refractivity contribution in [3.8, 4) is 0 Å². The normalized spacial score (nSPS) is 18.6. The summed E-state index contributed by atoms with van der Waals surface area (Å²) in [7, 11) is 1.56. The van der Waals surface area contributed by atoms with E-state index in [2.05, 4.69) is 5.32 Å². The van der Waals surface area contributed by atoms with Crippen LogP contribution in [0.3, 0.4) is 0 Å². The molecule has 0 spiro atoms. The zero-order valence-corrected chi connectivity index (χ0v) is 10.9. The summed E-state index contributed by atoms with van der Waals surface area (Å²) in [5.74, 6) is -0.673. The third-order valence-electron chi connectivity index (χ3n) is 2.97. The summed E-state index contributed by atoms with van der Waals surface area (Å²) in [6.07, 6.45) is 1.68. The zero-order valence-electron chi connectivity index (χ0n) is 10.9. The second kappa shape index (κ2) is 6.98. The van der Waals surface area contributed by atoms with Crippen LogP contribution in [0.1, 0.15) is 32.6 Å². The standard InChI is InChI=1S/C12H20N2O4/c1-3-18-11(16)7-6-10(15)14-8-4-5-9(14)12(17)13-2/h9H,3-8H2,1-2H3,(H,13,17). The highest BCUT2D eigenvalue weighted by Gasteiger charge is 2.33. The van der Waals surface area contributed by atoms with Crippen LogP contribution < -0.4 is 5.32 Å². The van der Waals surface area contributed by atoms with E-state index in [0.29, 0.717) is 19.6 Å². The number of likely N-dealkylation sites (N-methyl/N-ethyl adjacent to an activating group) is 1. The lowest BCUT2D eigenvalue weighted by Gasteiger charge is -2.23. The zero-order chi connectivity index (χ0) is 13.5. The van der Waals surface area contributed by atoms with E-state index in [1.807, 2.05) is 0 Å². The van der Waals surface area contributed by atoms with Crippen molar-refractivity contribution in [3.63, 3.8) is 0 Å². The molecular formula is C12H20N2O4. The van der Waals surface area contributed by atoms with Gasteiger partial charge in [-0.3, -0.25) is 14.4 Å². The first-order valence-electron chi connectivity index (χ1n) is 6.26. The van der Waals surface area contributed by atoms with Crippen molar-refractivity contribution in [2.45, 2.75) is 38.6 Å². The number of ether oxygens (including phenoxy) is 1. The summed E-state index contributed by atoms with van der Waals surface area (Å²) in [6.45, 7) is 2.62. The first-order chi connectivity index (χ1) is 8.60. The highest BCUT2D eigenvalue weighted by Crippen LogP contribution is 2.18. The van der Waals surface area contributed by atoms with Gasteiger partial charge in [-0.2, -0.15) is 0 Å². The Morgan fingerprint density at radius 2 is 2.06 bits per heavy atom. The summed E-state index contributed by atoms with van der Waals surface area (Å²) in [6, 6.07) is -0.385. The Balaban J connectivity index is 2.45. The van der Waals surface area contributed by atoms with Gasteiger partial charge in [-0.1, -0.05) is 0 Å². The van der Waals surface area contributed by atoms with Gasteiger partial charge in [-0.15, -0.1) is 0 Å². The largest absolute Gasteiger partial charge is 0.466 e. The van der Waals surface area contributed by atoms with Gasteiger partial charge in [0.15, 0.2) is 0 Å². The lowest BCUT2D eigenvalue weighted by atomic mass is 10.2. The quantitative estimate of drug-likeness (QED) is 0.706. The molecule has 1 fully saturated rings. The molecule has 0 radical (unpaired) electrons. The van der Waals surface area contributed by atoms with Crippen molar-refractivity contribution in [1.29, 1.82) is 0 Å². The third kappa shape index (κ3) is 3.72. The third-order valence-corrected chi connectivity index (χ3v) is 2.97. The smallest absolute Gasteiger partial charge is 0.306 e. The number of nitrogens with one attached hydrogen (secondary N) is 1. The highest BCUT2D eigenvalue weighted by atomic mass is 16.5. The van der Waals surface area contributed by atoms with Crippen molar-refractivity contribution in [1.82, 2.24) is 10.2 Å². The van der Waals surface area contributed by atoms with Gasteiger partial charge < -0.3 is 15.0 Å². The molecule has 0 aromatic carbocycles. The molecule has 2 amide bonds. The highest BCUT2D eigenvalue weighted by molar-refractivity contribution is 5.89. The van der Waals surface area contributed by atoms with Gasteiger partial charge in [-0.25, -0.2) is 0 Å². The number of amides is 2. The molecule has 0 aromatic rings. The molecule has 6 nitrogen and oxygen atoms in total. The lowest BCUT2D eigenvalue weighted by Crippen LogP contribution is -2.44. The van der Waals surface area contributed by atoms with Crippen LogP contribution in [0.2, 0.25) is 0 Å². The van der Waals surface area contributed by atoms with E-state index in [9.17, 15) is 14.4 Å². The molecule has 1 unspecified atom stereocenters. The Kier molecular flexibility index (Phi) is 5.61. The van der Waals surface area contributed by atoms with Crippen molar-refractivity contribution in [2.24, 2.45) is 0 Å². The number of hydrogen-bond donors (Lipinski definition) is 1. The molecule has 1 N–H and O–H groups in total. The Morgan fingerprint density at radius 1 is 1.33 bits per heavy atom. The maximum absolute atomic E-state index is 11.9. The van der Waals surface area contributed by atoms with Crippen molar-refractivity contribution < 1.29 is 19.1 Å². The van der Waals surface area contributed by atoms with E-state index < -0.39 is 0 Å². The van der Waals surface area contributed by atoms with Crippen LogP contribution in [0, 0.1) is 0 Å². The summed E-state index contributed by atoms with van der Waals surface area (Å²) >= 11 is 0. The SMILES string of the molecule is CCOC(=O)CCC(=O)N1CCCC1C(=O)NC. The Hall–Kier alpha value is -1.59. The summed E-state index contributed by atoms with van der Waals surface area (Å²) in [5, 5.41) is 2.55. The fourth-order valence-electron chi connectivity index (χ4n) is 2.09. The minimum absolute atomic E-state index is 0.0731. The van der Waals surface area contributed by atoms with Crippen molar-refractivity contribution >= 4 is 17.8 Å².